The Morgan fingerprint density at radius 3 is 2.65 bits per heavy atom. The van der Waals surface area contributed by atoms with Crippen LogP contribution in [0.2, 0.25) is 0 Å². The highest BCUT2D eigenvalue weighted by atomic mass is 32.1. The molecule has 1 unspecified atom stereocenters. The summed E-state index contributed by atoms with van der Waals surface area (Å²) >= 11 is 1.56. The van der Waals surface area contributed by atoms with Crippen molar-refractivity contribution in [3.63, 3.8) is 0 Å². The van der Waals surface area contributed by atoms with Gasteiger partial charge in [-0.05, 0) is 30.7 Å². The second-order valence-electron chi connectivity index (χ2n) is 6.18. The van der Waals surface area contributed by atoms with Crippen LogP contribution in [-0.2, 0) is 4.79 Å². The van der Waals surface area contributed by atoms with Gasteiger partial charge in [0.2, 0.25) is 5.91 Å². The van der Waals surface area contributed by atoms with Gasteiger partial charge < -0.3 is 10.1 Å². The van der Waals surface area contributed by atoms with E-state index in [1.165, 1.54) is 6.07 Å². The molecule has 1 atom stereocenters. The van der Waals surface area contributed by atoms with Crippen molar-refractivity contribution in [2.24, 2.45) is 0 Å². The minimum Gasteiger partial charge on any atom is -0.494 e. The quantitative estimate of drug-likeness (QED) is 0.668. The largest absolute Gasteiger partial charge is 0.494 e. The van der Waals surface area contributed by atoms with Gasteiger partial charge in [-0.2, -0.15) is 0 Å². The average Bonchev–Trinajstić information content (AvgIpc) is 3.06. The fourth-order valence-electron chi connectivity index (χ4n) is 3.34. The molecule has 0 radical (unpaired) electrons. The molecule has 132 valence electrons. The van der Waals surface area contributed by atoms with Gasteiger partial charge in [0.05, 0.1) is 12.3 Å². The molecule has 26 heavy (non-hydrogen) atoms. The van der Waals surface area contributed by atoms with Crippen LogP contribution in [0.25, 0.3) is 11.1 Å². The maximum absolute atomic E-state index is 14.2. The van der Waals surface area contributed by atoms with Gasteiger partial charge in [0.25, 0.3) is 0 Å². The van der Waals surface area contributed by atoms with Crippen LogP contribution >= 0.6 is 11.3 Å². The third kappa shape index (κ3) is 2.99. The van der Waals surface area contributed by atoms with Gasteiger partial charge in [0.1, 0.15) is 11.6 Å². The molecule has 0 aliphatic carbocycles. The molecule has 1 aliphatic rings. The van der Waals surface area contributed by atoms with Crippen molar-refractivity contribution in [2.45, 2.75) is 19.3 Å². The van der Waals surface area contributed by atoms with Crippen molar-refractivity contribution in [3.05, 3.63) is 70.2 Å². The van der Waals surface area contributed by atoms with Gasteiger partial charge in [-0.1, -0.05) is 30.3 Å². The van der Waals surface area contributed by atoms with E-state index in [0.29, 0.717) is 18.6 Å². The molecule has 2 aromatic carbocycles. The lowest BCUT2D eigenvalue weighted by Crippen LogP contribution is -2.22. The minimum atomic E-state index is -0.287. The molecule has 1 amide bonds. The maximum atomic E-state index is 14.2. The number of benzene rings is 2. The molecule has 3 aromatic rings. The lowest BCUT2D eigenvalue weighted by Gasteiger charge is -2.24. The first-order chi connectivity index (χ1) is 12.7. The van der Waals surface area contributed by atoms with Crippen LogP contribution in [0.5, 0.6) is 5.75 Å². The third-order valence-corrected chi connectivity index (χ3v) is 5.64. The second kappa shape index (κ2) is 6.92. The molecule has 0 saturated carbocycles. The van der Waals surface area contributed by atoms with Gasteiger partial charge in [-0.3, -0.25) is 4.79 Å². The molecule has 0 spiro atoms. The second-order valence-corrected chi connectivity index (χ2v) is 7.09. The van der Waals surface area contributed by atoms with Crippen LogP contribution in [0.4, 0.5) is 10.1 Å². The van der Waals surface area contributed by atoms with Gasteiger partial charge in [0.15, 0.2) is 0 Å². The highest BCUT2D eigenvalue weighted by Crippen LogP contribution is 2.47. The number of nitrogens with one attached hydrogen (secondary N) is 1. The van der Waals surface area contributed by atoms with E-state index in [-0.39, 0.29) is 17.6 Å². The number of carbonyl (C=O) groups excluding carboxylic acids is 1. The van der Waals surface area contributed by atoms with Crippen LogP contribution < -0.4 is 10.1 Å². The van der Waals surface area contributed by atoms with Crippen LogP contribution in [0.1, 0.15) is 29.7 Å². The zero-order chi connectivity index (χ0) is 18.1. The number of ether oxygens (including phenoxy) is 1. The monoisotopic (exact) mass is 367 g/mol. The minimum absolute atomic E-state index is 0.0278. The van der Waals surface area contributed by atoms with Gasteiger partial charge >= 0.3 is 0 Å². The number of thiophene rings is 1. The van der Waals surface area contributed by atoms with E-state index in [4.69, 9.17) is 4.74 Å². The Bertz CT molecular complexity index is 949. The van der Waals surface area contributed by atoms with E-state index in [0.717, 1.165) is 27.4 Å². The Morgan fingerprint density at radius 2 is 1.92 bits per heavy atom. The first-order valence-electron chi connectivity index (χ1n) is 8.56. The van der Waals surface area contributed by atoms with Crippen LogP contribution in [0.3, 0.4) is 0 Å². The van der Waals surface area contributed by atoms with E-state index in [1.807, 2.05) is 36.6 Å². The molecular weight excluding hydrogens is 349 g/mol. The van der Waals surface area contributed by atoms with Crippen molar-refractivity contribution in [3.8, 4) is 16.9 Å². The predicted molar refractivity (Wildman–Crippen MR) is 102 cm³/mol. The number of fused-ring (bicyclic) bond motifs is 1. The van der Waals surface area contributed by atoms with Crippen LogP contribution in [0, 0.1) is 5.82 Å². The summed E-state index contributed by atoms with van der Waals surface area (Å²) in [5.74, 6) is 0.452. The summed E-state index contributed by atoms with van der Waals surface area (Å²) in [5.41, 5.74) is 3.05. The van der Waals surface area contributed by atoms with E-state index >= 15 is 0 Å². The van der Waals surface area contributed by atoms with Crippen LogP contribution in [0.15, 0.2) is 53.9 Å². The summed E-state index contributed by atoms with van der Waals surface area (Å²) in [6, 6.07) is 14.5. The number of anilines is 1. The van der Waals surface area contributed by atoms with Crippen LogP contribution in [-0.4, -0.2) is 12.5 Å². The molecule has 1 N–H and O–H groups in total. The fraction of sp³-hybridized carbons (Fsp3) is 0.190. The standard InChI is InChI=1S/C21H18FNO2S/c1-2-25-14-9-7-13(8-10-14)16-11-19(24)23-20-17(12-26-21(16)20)15-5-3-4-6-18(15)22/h3-10,12,16H,2,11H2,1H3,(H,23,24). The van der Waals surface area contributed by atoms with Gasteiger partial charge in [-0.25, -0.2) is 4.39 Å². The first-order valence-corrected chi connectivity index (χ1v) is 9.44. The van der Waals surface area contributed by atoms with Crippen molar-refractivity contribution < 1.29 is 13.9 Å². The van der Waals surface area contributed by atoms with Crippen molar-refractivity contribution in [2.75, 3.05) is 11.9 Å². The number of rotatable bonds is 4. The topological polar surface area (TPSA) is 38.3 Å². The summed E-state index contributed by atoms with van der Waals surface area (Å²) in [4.78, 5) is 13.4. The van der Waals surface area contributed by atoms with Crippen molar-refractivity contribution >= 4 is 22.9 Å². The highest BCUT2D eigenvalue weighted by Gasteiger charge is 2.30. The SMILES string of the molecule is CCOc1ccc(C2CC(=O)Nc3c(-c4ccccc4F)csc32)cc1. The van der Waals surface area contributed by atoms with Gasteiger partial charge in [-0.15, -0.1) is 11.3 Å². The van der Waals surface area contributed by atoms with E-state index in [1.54, 1.807) is 29.5 Å². The number of hydrogen-bond acceptors (Lipinski definition) is 3. The molecule has 1 aromatic heterocycles. The Hall–Kier alpha value is -2.66. The molecule has 1 aliphatic heterocycles. The molecule has 3 nitrogen and oxygen atoms in total. The maximum Gasteiger partial charge on any atom is 0.225 e. The molecule has 2 heterocycles. The number of amides is 1. The lowest BCUT2D eigenvalue weighted by atomic mass is 9.89. The molecule has 4 rings (SSSR count). The molecule has 0 bridgehead atoms. The smallest absolute Gasteiger partial charge is 0.225 e. The molecule has 0 fully saturated rings. The van der Waals surface area contributed by atoms with Gasteiger partial charge in [0, 0.05) is 33.7 Å². The summed E-state index contributed by atoms with van der Waals surface area (Å²) < 4.78 is 19.7. The number of hydrogen-bond donors (Lipinski definition) is 1. The zero-order valence-electron chi connectivity index (χ0n) is 14.3. The van der Waals surface area contributed by atoms with Crippen molar-refractivity contribution in [1.29, 1.82) is 0 Å². The van der Waals surface area contributed by atoms with E-state index < -0.39 is 0 Å². The third-order valence-electron chi connectivity index (χ3n) is 4.55. The molecule has 0 saturated heterocycles. The number of halogens is 1. The lowest BCUT2D eigenvalue weighted by molar-refractivity contribution is -0.116. The zero-order valence-corrected chi connectivity index (χ0v) is 15.1. The summed E-state index contributed by atoms with van der Waals surface area (Å²) in [7, 11) is 0. The molecular formula is C21H18FNO2S. The summed E-state index contributed by atoms with van der Waals surface area (Å²) in [6.07, 6.45) is 0.387. The fourth-order valence-corrected chi connectivity index (χ4v) is 4.49. The number of carbonyl (C=O) groups is 1. The predicted octanol–water partition coefficient (Wildman–Crippen LogP) is 5.43. The Morgan fingerprint density at radius 1 is 1.15 bits per heavy atom. The van der Waals surface area contributed by atoms with E-state index in [2.05, 4.69) is 5.32 Å². The first kappa shape index (κ1) is 16.8. The summed E-state index contributed by atoms with van der Waals surface area (Å²) in [6.45, 7) is 2.56. The Labute approximate surface area is 155 Å². The van der Waals surface area contributed by atoms with E-state index in [9.17, 15) is 9.18 Å². The molecule has 5 heteroatoms. The van der Waals surface area contributed by atoms with Crippen molar-refractivity contribution in [1.82, 2.24) is 0 Å². The normalized spacial score (nSPS) is 16.1. The summed E-state index contributed by atoms with van der Waals surface area (Å²) in [5, 5.41) is 4.87. The Kier molecular flexibility index (Phi) is 4.47. The average molecular weight is 367 g/mol. The Balaban J connectivity index is 1.75. The highest BCUT2D eigenvalue weighted by molar-refractivity contribution is 7.11.